The summed E-state index contributed by atoms with van der Waals surface area (Å²) < 4.78 is 26.3. The van der Waals surface area contributed by atoms with Gasteiger partial charge >= 0.3 is 0 Å². The van der Waals surface area contributed by atoms with Gasteiger partial charge in [0.15, 0.2) is 0 Å². The van der Waals surface area contributed by atoms with Crippen LogP contribution >= 0.6 is 0 Å². The molecule has 0 aliphatic rings. The number of benzene rings is 1. The van der Waals surface area contributed by atoms with Crippen molar-refractivity contribution in [3.05, 3.63) is 35.4 Å². The smallest absolute Gasteiger partial charge is 0.254 e. The molecule has 1 atom stereocenters. The summed E-state index contributed by atoms with van der Waals surface area (Å²) in [6.45, 7) is 6.36. The van der Waals surface area contributed by atoms with Crippen LogP contribution in [0.3, 0.4) is 0 Å². The summed E-state index contributed by atoms with van der Waals surface area (Å²) in [6, 6.07) is 2.55. The van der Waals surface area contributed by atoms with Gasteiger partial charge in [0, 0.05) is 12.6 Å². The molecule has 1 unspecified atom stereocenters. The third-order valence-corrected chi connectivity index (χ3v) is 2.57. The van der Waals surface area contributed by atoms with Crippen LogP contribution < -0.4 is 11.1 Å². The molecule has 0 aliphatic carbocycles. The summed E-state index contributed by atoms with van der Waals surface area (Å²) in [7, 11) is 0. The number of amides is 1. The van der Waals surface area contributed by atoms with Crippen molar-refractivity contribution in [2.45, 2.75) is 33.2 Å². The average molecular weight is 270 g/mol. The fourth-order valence-electron chi connectivity index (χ4n) is 1.85. The van der Waals surface area contributed by atoms with Gasteiger partial charge < -0.3 is 11.1 Å². The third-order valence-electron chi connectivity index (χ3n) is 2.57. The number of carbonyl (C=O) groups excluding carboxylic acids is 1. The zero-order valence-corrected chi connectivity index (χ0v) is 11.5. The molecule has 0 aliphatic heterocycles. The molecule has 0 spiro atoms. The van der Waals surface area contributed by atoms with Crippen molar-refractivity contribution in [1.29, 1.82) is 0 Å². The Kier molecular flexibility index (Phi) is 5.00. The summed E-state index contributed by atoms with van der Waals surface area (Å²) >= 11 is 0. The van der Waals surface area contributed by atoms with Gasteiger partial charge in [-0.15, -0.1) is 0 Å². The number of hydrogen-bond donors (Lipinski definition) is 2. The predicted molar refractivity (Wildman–Crippen MR) is 70.7 cm³/mol. The molecule has 0 aromatic heterocycles. The molecule has 0 heterocycles. The van der Waals surface area contributed by atoms with E-state index >= 15 is 0 Å². The van der Waals surface area contributed by atoms with Crippen molar-refractivity contribution in [2.24, 2.45) is 11.1 Å². The molecule has 106 valence electrons. The number of carbonyl (C=O) groups is 1. The van der Waals surface area contributed by atoms with Crippen molar-refractivity contribution in [3.8, 4) is 0 Å². The lowest BCUT2D eigenvalue weighted by molar-refractivity contribution is 0.0944. The second kappa shape index (κ2) is 6.10. The van der Waals surface area contributed by atoms with Gasteiger partial charge in [-0.1, -0.05) is 20.8 Å². The van der Waals surface area contributed by atoms with Gasteiger partial charge in [0.25, 0.3) is 5.91 Å². The normalized spacial score (nSPS) is 13.2. The first-order valence-electron chi connectivity index (χ1n) is 6.18. The Morgan fingerprint density at radius 2 is 2.00 bits per heavy atom. The molecule has 0 radical (unpaired) electrons. The van der Waals surface area contributed by atoms with Gasteiger partial charge in [0.2, 0.25) is 0 Å². The Bertz CT molecular complexity index is 455. The highest BCUT2D eigenvalue weighted by atomic mass is 19.1. The Labute approximate surface area is 112 Å². The van der Waals surface area contributed by atoms with Gasteiger partial charge in [0.1, 0.15) is 11.6 Å². The van der Waals surface area contributed by atoms with Gasteiger partial charge in [-0.3, -0.25) is 4.79 Å². The molecule has 1 aromatic rings. The van der Waals surface area contributed by atoms with E-state index in [2.05, 4.69) is 5.32 Å². The molecular formula is C14H20F2N2O. The quantitative estimate of drug-likeness (QED) is 0.883. The van der Waals surface area contributed by atoms with E-state index in [1.165, 1.54) is 0 Å². The fourth-order valence-corrected chi connectivity index (χ4v) is 1.85. The van der Waals surface area contributed by atoms with E-state index in [9.17, 15) is 13.6 Å². The monoisotopic (exact) mass is 270 g/mol. The Hall–Kier alpha value is -1.49. The minimum Gasteiger partial charge on any atom is -0.350 e. The Morgan fingerprint density at radius 3 is 2.58 bits per heavy atom. The van der Waals surface area contributed by atoms with Crippen LogP contribution in [-0.4, -0.2) is 18.5 Å². The SMILES string of the molecule is CC(C)(C)CC(N)CNC(=O)c1cc(F)ccc1F. The van der Waals surface area contributed by atoms with Crippen molar-refractivity contribution in [3.63, 3.8) is 0 Å². The molecule has 0 saturated heterocycles. The number of rotatable bonds is 4. The zero-order valence-electron chi connectivity index (χ0n) is 11.5. The molecule has 1 rings (SSSR count). The van der Waals surface area contributed by atoms with Crippen molar-refractivity contribution >= 4 is 5.91 Å². The van der Waals surface area contributed by atoms with Gasteiger partial charge in [0.05, 0.1) is 5.56 Å². The highest BCUT2D eigenvalue weighted by Gasteiger charge is 2.18. The Balaban J connectivity index is 2.58. The Morgan fingerprint density at radius 1 is 1.37 bits per heavy atom. The number of nitrogens with two attached hydrogens (primary N) is 1. The second-order valence-corrected chi connectivity index (χ2v) is 5.86. The maximum absolute atomic E-state index is 13.4. The molecule has 1 aromatic carbocycles. The summed E-state index contributed by atoms with van der Waals surface area (Å²) in [6.07, 6.45) is 0.721. The van der Waals surface area contributed by atoms with Crippen LogP contribution in [0, 0.1) is 17.0 Å². The first-order valence-corrected chi connectivity index (χ1v) is 6.18. The van der Waals surface area contributed by atoms with E-state index in [1.54, 1.807) is 0 Å². The molecule has 3 nitrogen and oxygen atoms in total. The summed E-state index contributed by atoms with van der Waals surface area (Å²) in [5, 5.41) is 2.52. The minimum absolute atomic E-state index is 0.0499. The first-order chi connectivity index (χ1) is 8.69. The maximum Gasteiger partial charge on any atom is 0.254 e. The first kappa shape index (κ1) is 15.6. The second-order valence-electron chi connectivity index (χ2n) is 5.86. The van der Waals surface area contributed by atoms with Crippen LogP contribution in [0.4, 0.5) is 8.78 Å². The molecule has 5 heteroatoms. The lowest BCUT2D eigenvalue weighted by atomic mass is 9.88. The minimum atomic E-state index is -0.747. The number of nitrogens with one attached hydrogen (secondary N) is 1. The molecule has 0 saturated carbocycles. The van der Waals surface area contributed by atoms with Gasteiger partial charge in [-0.05, 0) is 30.0 Å². The van der Waals surface area contributed by atoms with E-state index in [0.29, 0.717) is 0 Å². The summed E-state index contributed by atoms with van der Waals surface area (Å²) in [5.41, 5.74) is 5.62. The third kappa shape index (κ3) is 5.34. The average Bonchev–Trinajstić information content (AvgIpc) is 2.27. The highest BCUT2D eigenvalue weighted by molar-refractivity contribution is 5.94. The zero-order chi connectivity index (χ0) is 14.6. The van der Waals surface area contributed by atoms with E-state index in [4.69, 9.17) is 5.73 Å². The molecule has 0 fully saturated rings. The number of hydrogen-bond acceptors (Lipinski definition) is 2. The van der Waals surface area contributed by atoms with Crippen molar-refractivity contribution in [2.75, 3.05) is 6.54 Å². The standard InChI is InChI=1S/C14H20F2N2O/c1-14(2,3)7-10(17)8-18-13(19)11-6-9(15)4-5-12(11)16/h4-6,10H,7-8,17H2,1-3H3,(H,18,19). The van der Waals surface area contributed by atoms with E-state index in [-0.39, 0.29) is 23.6 Å². The lowest BCUT2D eigenvalue weighted by Gasteiger charge is -2.23. The fraction of sp³-hybridized carbons (Fsp3) is 0.500. The van der Waals surface area contributed by atoms with Gasteiger partial charge in [-0.25, -0.2) is 8.78 Å². The number of halogens is 2. The summed E-state index contributed by atoms with van der Waals surface area (Å²) in [5.74, 6) is -2.05. The van der Waals surface area contributed by atoms with E-state index in [0.717, 1.165) is 24.6 Å². The van der Waals surface area contributed by atoms with Crippen LogP contribution in [0.5, 0.6) is 0 Å². The van der Waals surface area contributed by atoms with Gasteiger partial charge in [-0.2, -0.15) is 0 Å². The van der Waals surface area contributed by atoms with Crippen LogP contribution in [0.1, 0.15) is 37.6 Å². The van der Waals surface area contributed by atoms with Crippen molar-refractivity contribution in [1.82, 2.24) is 5.32 Å². The predicted octanol–water partition coefficient (Wildman–Crippen LogP) is 2.46. The topological polar surface area (TPSA) is 55.1 Å². The lowest BCUT2D eigenvalue weighted by Crippen LogP contribution is -2.39. The van der Waals surface area contributed by atoms with Crippen LogP contribution in [0.15, 0.2) is 18.2 Å². The van der Waals surface area contributed by atoms with E-state index < -0.39 is 17.5 Å². The van der Waals surface area contributed by atoms with Crippen LogP contribution in [0.25, 0.3) is 0 Å². The molecule has 0 bridgehead atoms. The molecular weight excluding hydrogens is 250 g/mol. The van der Waals surface area contributed by atoms with E-state index in [1.807, 2.05) is 20.8 Å². The van der Waals surface area contributed by atoms with Crippen LogP contribution in [0.2, 0.25) is 0 Å². The molecule has 1 amide bonds. The molecule has 3 N–H and O–H groups in total. The summed E-state index contributed by atoms with van der Waals surface area (Å²) in [4.78, 5) is 11.7. The molecule has 19 heavy (non-hydrogen) atoms. The highest BCUT2D eigenvalue weighted by Crippen LogP contribution is 2.19. The largest absolute Gasteiger partial charge is 0.350 e. The van der Waals surface area contributed by atoms with Crippen LogP contribution in [-0.2, 0) is 0 Å². The van der Waals surface area contributed by atoms with Crippen molar-refractivity contribution < 1.29 is 13.6 Å². The maximum atomic E-state index is 13.4.